The third-order valence-corrected chi connectivity index (χ3v) is 4.22. The van der Waals surface area contributed by atoms with Crippen molar-refractivity contribution in [1.82, 2.24) is 10.1 Å². The highest BCUT2D eigenvalue weighted by molar-refractivity contribution is 5.72. The standard InChI is InChI=1S/C17H19F2N3O3/c1-23-12-6-4-5-11(14(12)24-16(18)19)7-8-13-21-15(22-25-13)17(20)9-2-3-10-17/h4-8,16H,2-3,9-10,20H2,1H3/b8-7+. The minimum absolute atomic E-state index is 0.0536. The van der Waals surface area contributed by atoms with Gasteiger partial charge < -0.3 is 19.7 Å². The zero-order chi connectivity index (χ0) is 17.9. The number of benzene rings is 1. The zero-order valence-electron chi connectivity index (χ0n) is 13.7. The summed E-state index contributed by atoms with van der Waals surface area (Å²) in [6.07, 6.45) is 6.79. The van der Waals surface area contributed by atoms with E-state index in [9.17, 15) is 8.78 Å². The van der Waals surface area contributed by atoms with Crippen LogP contribution in [0.3, 0.4) is 0 Å². The number of aromatic nitrogens is 2. The molecule has 1 aromatic heterocycles. The Labute approximate surface area is 143 Å². The lowest BCUT2D eigenvalue weighted by Gasteiger charge is -2.17. The molecule has 3 rings (SSSR count). The molecule has 1 heterocycles. The largest absolute Gasteiger partial charge is 0.493 e. The number of ether oxygens (including phenoxy) is 2. The summed E-state index contributed by atoms with van der Waals surface area (Å²) < 4.78 is 40.1. The van der Waals surface area contributed by atoms with E-state index in [-0.39, 0.29) is 17.4 Å². The van der Waals surface area contributed by atoms with E-state index in [1.165, 1.54) is 19.3 Å². The molecule has 0 unspecified atom stereocenters. The summed E-state index contributed by atoms with van der Waals surface area (Å²) in [4.78, 5) is 4.30. The van der Waals surface area contributed by atoms with E-state index >= 15 is 0 Å². The van der Waals surface area contributed by atoms with Gasteiger partial charge in [0.1, 0.15) is 0 Å². The second-order valence-electron chi connectivity index (χ2n) is 5.91. The Morgan fingerprint density at radius 2 is 2.04 bits per heavy atom. The Morgan fingerprint density at radius 1 is 1.28 bits per heavy atom. The molecule has 0 radical (unpaired) electrons. The van der Waals surface area contributed by atoms with E-state index in [1.54, 1.807) is 18.2 Å². The fourth-order valence-corrected chi connectivity index (χ4v) is 2.94. The summed E-state index contributed by atoms with van der Waals surface area (Å²) in [6, 6.07) is 4.83. The Morgan fingerprint density at radius 3 is 2.72 bits per heavy atom. The monoisotopic (exact) mass is 351 g/mol. The van der Waals surface area contributed by atoms with Crippen molar-refractivity contribution in [3.05, 3.63) is 35.5 Å². The fourth-order valence-electron chi connectivity index (χ4n) is 2.94. The number of hydrogen-bond donors (Lipinski definition) is 1. The van der Waals surface area contributed by atoms with Crippen LogP contribution in [0.4, 0.5) is 8.78 Å². The Balaban J connectivity index is 1.84. The van der Waals surface area contributed by atoms with Gasteiger partial charge in [0, 0.05) is 11.6 Å². The van der Waals surface area contributed by atoms with Crippen molar-refractivity contribution in [2.75, 3.05) is 7.11 Å². The predicted molar refractivity (Wildman–Crippen MR) is 87.2 cm³/mol. The molecule has 25 heavy (non-hydrogen) atoms. The number of rotatable bonds is 6. The average Bonchev–Trinajstić information content (AvgIpc) is 3.23. The molecule has 134 valence electrons. The van der Waals surface area contributed by atoms with E-state index in [1.807, 2.05) is 0 Å². The molecule has 1 aliphatic carbocycles. The van der Waals surface area contributed by atoms with Gasteiger partial charge >= 0.3 is 6.61 Å². The molecule has 0 aliphatic heterocycles. The number of para-hydroxylation sites is 1. The van der Waals surface area contributed by atoms with Gasteiger partial charge in [-0.2, -0.15) is 13.8 Å². The molecular weight excluding hydrogens is 332 g/mol. The maximum Gasteiger partial charge on any atom is 0.387 e. The van der Waals surface area contributed by atoms with Crippen LogP contribution in [0.2, 0.25) is 0 Å². The van der Waals surface area contributed by atoms with Crippen LogP contribution in [0.15, 0.2) is 22.7 Å². The summed E-state index contributed by atoms with van der Waals surface area (Å²) in [6.45, 7) is -2.96. The van der Waals surface area contributed by atoms with E-state index in [0.29, 0.717) is 11.4 Å². The van der Waals surface area contributed by atoms with Crippen molar-refractivity contribution in [3.63, 3.8) is 0 Å². The van der Waals surface area contributed by atoms with Crippen LogP contribution in [-0.4, -0.2) is 23.9 Å². The van der Waals surface area contributed by atoms with Gasteiger partial charge in [0.25, 0.3) is 5.89 Å². The maximum atomic E-state index is 12.6. The number of nitrogens with two attached hydrogens (primary N) is 1. The zero-order valence-corrected chi connectivity index (χ0v) is 13.7. The second kappa shape index (κ2) is 7.18. The van der Waals surface area contributed by atoms with Crippen LogP contribution in [0.1, 0.15) is 43.0 Å². The topological polar surface area (TPSA) is 83.4 Å². The molecule has 1 fully saturated rings. The molecule has 1 saturated carbocycles. The van der Waals surface area contributed by atoms with Gasteiger partial charge in [-0.1, -0.05) is 30.1 Å². The fraction of sp³-hybridized carbons (Fsp3) is 0.412. The summed E-state index contributed by atoms with van der Waals surface area (Å²) in [5.74, 6) is 0.875. The molecule has 8 heteroatoms. The first-order valence-electron chi connectivity index (χ1n) is 7.95. The predicted octanol–water partition coefficient (Wildman–Crippen LogP) is 3.58. The first-order valence-corrected chi connectivity index (χ1v) is 7.95. The molecule has 0 amide bonds. The summed E-state index contributed by atoms with van der Waals surface area (Å²) >= 11 is 0. The van der Waals surface area contributed by atoms with E-state index in [2.05, 4.69) is 14.9 Å². The number of nitrogens with zero attached hydrogens (tertiary/aromatic N) is 2. The van der Waals surface area contributed by atoms with Crippen molar-refractivity contribution in [3.8, 4) is 11.5 Å². The first kappa shape index (κ1) is 17.3. The van der Waals surface area contributed by atoms with Gasteiger partial charge in [0.15, 0.2) is 17.3 Å². The van der Waals surface area contributed by atoms with Crippen LogP contribution in [0.25, 0.3) is 12.2 Å². The summed E-state index contributed by atoms with van der Waals surface area (Å²) in [5.41, 5.74) is 6.15. The van der Waals surface area contributed by atoms with E-state index < -0.39 is 12.2 Å². The highest BCUT2D eigenvalue weighted by Gasteiger charge is 2.35. The van der Waals surface area contributed by atoms with Gasteiger partial charge in [0.2, 0.25) is 0 Å². The van der Waals surface area contributed by atoms with Crippen LogP contribution in [-0.2, 0) is 5.54 Å². The summed E-state index contributed by atoms with van der Waals surface area (Å²) in [7, 11) is 1.38. The number of methoxy groups -OCH3 is 1. The van der Waals surface area contributed by atoms with Crippen molar-refractivity contribution in [2.24, 2.45) is 5.73 Å². The molecular formula is C17H19F2N3O3. The molecule has 1 aromatic carbocycles. The third-order valence-electron chi connectivity index (χ3n) is 4.22. The van der Waals surface area contributed by atoms with Gasteiger partial charge in [-0.05, 0) is 25.0 Å². The minimum Gasteiger partial charge on any atom is -0.493 e. The van der Waals surface area contributed by atoms with Gasteiger partial charge in [-0.3, -0.25) is 0 Å². The molecule has 6 nitrogen and oxygen atoms in total. The molecule has 2 aromatic rings. The highest BCUT2D eigenvalue weighted by Crippen LogP contribution is 2.35. The molecule has 0 spiro atoms. The smallest absolute Gasteiger partial charge is 0.387 e. The van der Waals surface area contributed by atoms with Gasteiger partial charge in [0.05, 0.1) is 12.6 Å². The first-order chi connectivity index (χ1) is 12.0. The quantitative estimate of drug-likeness (QED) is 0.856. The Kier molecular flexibility index (Phi) is 4.98. The number of halogens is 2. The van der Waals surface area contributed by atoms with Crippen molar-refractivity contribution in [2.45, 2.75) is 37.8 Å². The van der Waals surface area contributed by atoms with Crippen LogP contribution >= 0.6 is 0 Å². The third kappa shape index (κ3) is 3.79. The van der Waals surface area contributed by atoms with Crippen LogP contribution in [0, 0.1) is 0 Å². The van der Waals surface area contributed by atoms with Crippen molar-refractivity contribution >= 4 is 12.2 Å². The second-order valence-corrected chi connectivity index (χ2v) is 5.91. The average molecular weight is 351 g/mol. The lowest BCUT2D eigenvalue weighted by molar-refractivity contribution is -0.0513. The molecule has 2 N–H and O–H groups in total. The summed E-state index contributed by atoms with van der Waals surface area (Å²) in [5, 5.41) is 3.95. The minimum atomic E-state index is -2.96. The van der Waals surface area contributed by atoms with Crippen LogP contribution < -0.4 is 15.2 Å². The van der Waals surface area contributed by atoms with Crippen LogP contribution in [0.5, 0.6) is 11.5 Å². The highest BCUT2D eigenvalue weighted by atomic mass is 19.3. The molecule has 1 aliphatic rings. The lowest BCUT2D eigenvalue weighted by atomic mass is 9.99. The van der Waals surface area contributed by atoms with Crippen molar-refractivity contribution in [1.29, 1.82) is 0 Å². The lowest BCUT2D eigenvalue weighted by Crippen LogP contribution is -2.34. The Hall–Kier alpha value is -2.48. The number of hydrogen-bond acceptors (Lipinski definition) is 6. The van der Waals surface area contributed by atoms with Gasteiger partial charge in [-0.15, -0.1) is 0 Å². The molecule has 0 atom stereocenters. The maximum absolute atomic E-state index is 12.6. The number of alkyl halides is 2. The SMILES string of the molecule is COc1cccc(/C=C/c2nc(C3(N)CCCC3)no2)c1OC(F)F. The molecule has 0 saturated heterocycles. The van der Waals surface area contributed by atoms with E-state index in [4.69, 9.17) is 15.0 Å². The normalized spacial score (nSPS) is 16.7. The van der Waals surface area contributed by atoms with Gasteiger partial charge in [-0.25, -0.2) is 0 Å². The Bertz CT molecular complexity index is 755. The van der Waals surface area contributed by atoms with Crippen molar-refractivity contribution < 1.29 is 22.8 Å². The molecule has 0 bridgehead atoms. The van der Waals surface area contributed by atoms with E-state index in [0.717, 1.165) is 25.7 Å².